The van der Waals surface area contributed by atoms with E-state index in [-0.39, 0.29) is 23.1 Å². The van der Waals surface area contributed by atoms with E-state index in [0.717, 1.165) is 261 Å². The lowest BCUT2D eigenvalue weighted by molar-refractivity contribution is -0.577. The second-order valence-electron chi connectivity index (χ2n) is 39.3. The lowest BCUT2D eigenvalue weighted by atomic mass is 10.0. The number of aryl methyl sites for hydroxylation is 1. The van der Waals surface area contributed by atoms with E-state index < -0.39 is 0 Å². The fraction of sp³-hybridized carbons (Fsp3) is 0.311. The average Bonchev–Trinajstić information content (AvgIpc) is 1.38. The molecule has 7 unspecified atom stereocenters. The smallest absolute Gasteiger partial charge is 0.243 e. The zero-order valence-electron chi connectivity index (χ0n) is 75.2. The van der Waals surface area contributed by atoms with Gasteiger partial charge in [0, 0.05) is 246 Å². The molecular formula is C103H90ClF2N27O2S4. The number of nitrogens with zero attached hydrogens (tertiary/aromatic N) is 21. The molecule has 0 radical (unpaired) electrons. The standard InChI is InChI=1S/C28H26FN7OS.C27H24FN7S.C24H19ClN6OS.C24H21N7S/c29-15-8-19-18(21(9-15)32-16-3-4-16)11-22-25(19)26(35-13-24(30)28(14-35)5-6-28)34-27(33-22)38-17-10-23-20(31-12-17)2-1-7-36(23)37;28-13-6-17-16(21(7-13)32-14-3-4-14)9-23-24(17)26(35-11-18-19(12-35)25(18)29)34-27(33-23)36-15-8-22-20(31-10-15)2-1-5-30-22;25-17-4-1-3-13-14(17)8-19-21(13)23(30-10-15-16(11-30)22(15)26)29-24(28-19)33-12-7-20-18(27-9-12)5-2-6-31(20)32;1-12-3-2-4-14-15(12)8-18-20(14)23(31-10-16-17(11-31)21(16)25)30-24(29-18)32-13-7-19-22(28-9-13)27-6-5-26-19/h1-2,7-10,12,16,24,32H,3-6,11,13-14,30H2;1-2,5-8,10,14,18-19,25,32H,3-4,9,11-12,29H2;1-7,9,15-16,22H,8,10-11,26H2;2-7,9,16-17,21H,8,10-11,25H2,1H3. The van der Waals surface area contributed by atoms with E-state index >= 15 is 0 Å². The van der Waals surface area contributed by atoms with Crippen molar-refractivity contribution in [1.29, 1.82) is 0 Å². The summed E-state index contributed by atoms with van der Waals surface area (Å²) in [6.45, 7) is 9.33. The van der Waals surface area contributed by atoms with Crippen molar-refractivity contribution in [2.75, 3.05) is 82.6 Å². The van der Waals surface area contributed by atoms with Crippen molar-refractivity contribution in [3.8, 4) is 44.5 Å². The summed E-state index contributed by atoms with van der Waals surface area (Å²) in [4.78, 5) is 83.9. The molecule has 14 aliphatic rings. The minimum atomic E-state index is -0.255. The first-order valence-electron chi connectivity index (χ1n) is 47.4. The van der Waals surface area contributed by atoms with Crippen molar-refractivity contribution in [2.24, 2.45) is 63.9 Å². The molecule has 4 aromatic carbocycles. The molecule has 139 heavy (non-hydrogen) atoms. The van der Waals surface area contributed by atoms with Gasteiger partial charge in [0.05, 0.1) is 33.8 Å². The van der Waals surface area contributed by atoms with Crippen LogP contribution < -0.4 is 62.6 Å². The Bertz CT molecular complexity index is 7850. The summed E-state index contributed by atoms with van der Waals surface area (Å²) in [6.07, 6.45) is 24.8. The Kier molecular flexibility index (Phi) is 20.4. The minimum absolute atomic E-state index is 0.0990. The van der Waals surface area contributed by atoms with Crippen LogP contribution in [0.15, 0.2) is 217 Å². The highest BCUT2D eigenvalue weighted by Gasteiger charge is 2.58. The van der Waals surface area contributed by atoms with Gasteiger partial charge >= 0.3 is 0 Å². The predicted molar refractivity (Wildman–Crippen MR) is 532 cm³/mol. The highest BCUT2D eigenvalue weighted by molar-refractivity contribution is 8.00. The van der Waals surface area contributed by atoms with Crippen LogP contribution in [0.1, 0.15) is 89.1 Å². The van der Waals surface area contributed by atoms with Gasteiger partial charge in [0.25, 0.3) is 0 Å². The molecule has 29 nitrogen and oxygen atoms in total. The Balaban J connectivity index is 0.0000000935. The van der Waals surface area contributed by atoms with Gasteiger partial charge in [-0.1, -0.05) is 41.9 Å². The number of halogens is 3. The summed E-state index contributed by atoms with van der Waals surface area (Å²) in [6, 6.07) is 39.5. The fourth-order valence-corrected chi connectivity index (χ4v) is 25.6. The third-order valence-electron chi connectivity index (χ3n) is 30.4. The molecule has 0 bridgehead atoms. The van der Waals surface area contributed by atoms with Crippen LogP contribution in [0, 0.1) is 69.9 Å². The number of anilines is 6. The summed E-state index contributed by atoms with van der Waals surface area (Å²) >= 11 is 12.4. The van der Waals surface area contributed by atoms with Crippen molar-refractivity contribution in [3.63, 3.8) is 0 Å². The first-order chi connectivity index (χ1) is 67.8. The largest absolute Gasteiger partial charge is 0.618 e. The SMILES string of the molecule is Cc1cccc2c1Cc1nc(Sc3cnc4nccnc4c3)nc(N3CC4C(N)C4C3)c1-2.NC1C2CN(c3nc(Sc4cnc5ccc[n+]([O-])c5c4)nc4c3-c3cccc(Cl)c3C4)CC12.NC1C2CN(c3nc(Sc4cnc5cccnc5c4)nc4c3-c3cc(F)cc(NC5CC5)c3C4)CC12.NC1CN(c2nc(Sc3cnc4ccc[n+]([O-])c4c3)nc3c2-c2cc(F)cc(NC4CC4)c2C3)CC12CC2. The molecular weight excluding hydrogens is 1850 g/mol. The van der Waals surface area contributed by atoms with Crippen molar-refractivity contribution < 1.29 is 18.2 Å². The second-order valence-corrected chi connectivity index (χ2v) is 43.8. The van der Waals surface area contributed by atoms with Crippen LogP contribution in [0.4, 0.5) is 43.4 Å². The number of hydrogen-bond acceptors (Lipinski definition) is 31. The highest BCUT2D eigenvalue weighted by Crippen LogP contribution is 2.58. The maximum Gasteiger partial charge on any atom is 0.243 e. The van der Waals surface area contributed by atoms with Gasteiger partial charge in [-0.2, -0.15) is 9.46 Å². The van der Waals surface area contributed by atoms with Gasteiger partial charge in [0.2, 0.25) is 11.0 Å². The lowest BCUT2D eigenvalue weighted by Crippen LogP contribution is -2.30. The van der Waals surface area contributed by atoms with Gasteiger partial charge < -0.3 is 63.6 Å². The number of aromatic nitrogens is 17. The maximum atomic E-state index is 14.9. The molecule has 6 saturated carbocycles. The van der Waals surface area contributed by atoms with Crippen LogP contribution in [0.25, 0.3) is 88.8 Å². The minimum Gasteiger partial charge on any atom is -0.618 e. The van der Waals surface area contributed by atoms with E-state index in [9.17, 15) is 19.2 Å². The number of rotatable bonds is 16. The summed E-state index contributed by atoms with van der Waals surface area (Å²) in [7, 11) is 0. The van der Waals surface area contributed by atoms with Gasteiger partial charge in [-0.25, -0.2) is 68.6 Å². The lowest BCUT2D eigenvalue weighted by Gasteiger charge is -2.23. The van der Waals surface area contributed by atoms with Crippen LogP contribution in [-0.2, 0) is 25.7 Å². The number of fused-ring (bicyclic) bond motifs is 19. The molecule has 7 atom stereocenters. The average molecular weight is 1940 g/mol. The first kappa shape index (κ1) is 85.4. The van der Waals surface area contributed by atoms with E-state index in [1.54, 1.807) is 67.4 Å². The van der Waals surface area contributed by atoms with Crippen LogP contribution in [0.3, 0.4) is 0 Å². The Morgan fingerprint density at radius 1 is 0.403 bits per heavy atom. The molecule has 0 amide bonds. The number of pyridine rings is 7. The molecule has 16 aromatic rings. The number of benzene rings is 4. The number of hydrogen-bond donors (Lipinski definition) is 6. The van der Waals surface area contributed by atoms with Crippen molar-refractivity contribution in [1.82, 2.24) is 74.8 Å². The van der Waals surface area contributed by atoms with Crippen molar-refractivity contribution >= 4 is 138 Å². The van der Waals surface area contributed by atoms with E-state index in [4.69, 9.17) is 74.4 Å². The third kappa shape index (κ3) is 15.6. The molecule has 12 aromatic heterocycles. The van der Waals surface area contributed by atoms with Crippen molar-refractivity contribution in [3.05, 3.63) is 255 Å². The summed E-state index contributed by atoms with van der Waals surface area (Å²) in [5.74, 6) is 6.56. The first-order valence-corrected chi connectivity index (χ1v) is 51.1. The van der Waals surface area contributed by atoms with Gasteiger partial charge in [-0.3, -0.25) is 15.0 Å². The Labute approximate surface area is 818 Å². The fourth-order valence-electron chi connectivity index (χ4n) is 22.3. The van der Waals surface area contributed by atoms with E-state index in [1.807, 2.05) is 73.1 Å². The van der Waals surface area contributed by atoms with Gasteiger partial charge in [0.1, 0.15) is 51.5 Å². The molecule has 16 heterocycles. The molecule has 694 valence electrons. The van der Waals surface area contributed by atoms with Crippen LogP contribution in [0.5, 0.6) is 0 Å². The second kappa shape index (κ2) is 33.2. The zero-order chi connectivity index (χ0) is 93.2. The topological polar surface area (TPSA) is 388 Å². The monoisotopic (exact) mass is 1940 g/mol. The number of nitrogens with two attached hydrogens (primary N) is 4. The molecule has 10 aliphatic carbocycles. The summed E-state index contributed by atoms with van der Waals surface area (Å²) < 4.78 is 31.3. The molecule has 4 saturated heterocycles. The molecule has 36 heteroatoms. The molecule has 10 N–H and O–H groups in total. The molecule has 10 fully saturated rings. The maximum absolute atomic E-state index is 14.9. The van der Waals surface area contributed by atoms with E-state index in [0.29, 0.717) is 128 Å². The van der Waals surface area contributed by atoms with E-state index in [1.165, 1.54) is 81.7 Å². The zero-order valence-corrected chi connectivity index (χ0v) is 79.2. The highest BCUT2D eigenvalue weighted by atomic mass is 35.5. The van der Waals surface area contributed by atoms with Crippen molar-refractivity contribution in [2.45, 2.75) is 148 Å². The summed E-state index contributed by atoms with van der Waals surface area (Å²) in [5.41, 5.74) is 50.9. The molecule has 30 rings (SSSR count). The quantitative estimate of drug-likeness (QED) is 0.0297. The van der Waals surface area contributed by atoms with E-state index in [2.05, 4.69) is 96.3 Å². The van der Waals surface area contributed by atoms with Gasteiger partial charge in [0.15, 0.2) is 38.7 Å². The molecule has 1 spiro atoms. The Morgan fingerprint density at radius 2 is 0.813 bits per heavy atom. The Hall–Kier alpha value is -12.8. The third-order valence-corrected chi connectivity index (χ3v) is 34.0. The number of nitrogens with one attached hydrogen (secondary N) is 2. The predicted octanol–water partition coefficient (Wildman–Crippen LogP) is 14.9. The normalized spacial score (nSPS) is 22.3. The molecule has 4 aliphatic heterocycles. The Morgan fingerprint density at radius 3 is 1.29 bits per heavy atom. The van der Waals surface area contributed by atoms with Gasteiger partial charge in [-0.15, -0.1) is 0 Å². The van der Waals surface area contributed by atoms with Crippen LogP contribution >= 0.6 is 58.6 Å². The van der Waals surface area contributed by atoms with Crippen LogP contribution in [0.2, 0.25) is 5.02 Å². The van der Waals surface area contributed by atoms with Gasteiger partial charge in [-0.05, 0) is 245 Å². The number of piperidine rings is 3. The summed E-state index contributed by atoms with van der Waals surface area (Å²) in [5, 5.41) is 35.0. The van der Waals surface area contributed by atoms with Crippen LogP contribution in [-0.4, -0.2) is 163 Å².